The second-order valence-corrected chi connectivity index (χ2v) is 6.89. The molecule has 0 bridgehead atoms. The molecule has 2 aliphatic rings. The van der Waals surface area contributed by atoms with Crippen molar-refractivity contribution in [2.24, 2.45) is 11.3 Å². The van der Waals surface area contributed by atoms with Crippen LogP contribution in [0.5, 0.6) is 0 Å². The van der Waals surface area contributed by atoms with E-state index in [2.05, 4.69) is 18.5 Å². The quantitative estimate of drug-likeness (QED) is 0.788. The van der Waals surface area contributed by atoms with Crippen LogP contribution in [-0.2, 0) is 0 Å². The van der Waals surface area contributed by atoms with Gasteiger partial charge in [-0.15, -0.1) is 0 Å². The number of thioether (sulfide) groups is 1. The molecular weight excluding hydrogens is 214 g/mol. The van der Waals surface area contributed by atoms with Crippen molar-refractivity contribution in [3.63, 3.8) is 0 Å². The lowest BCUT2D eigenvalue weighted by atomic mass is 9.57. The number of nitrogens with one attached hydrogen (secondary N) is 1. The van der Waals surface area contributed by atoms with E-state index < -0.39 is 0 Å². The van der Waals surface area contributed by atoms with Crippen LogP contribution in [0.4, 0.5) is 0 Å². The molecule has 2 fully saturated rings. The molecule has 2 heteroatoms. The normalized spacial score (nSPS) is 30.0. The summed E-state index contributed by atoms with van der Waals surface area (Å²) in [6.45, 7) is 3.60. The van der Waals surface area contributed by atoms with E-state index >= 15 is 0 Å². The number of hydrogen-bond donors (Lipinski definition) is 1. The first-order valence-electron chi connectivity index (χ1n) is 6.99. The minimum absolute atomic E-state index is 0.733. The Bertz CT molecular complexity index is 211. The van der Waals surface area contributed by atoms with E-state index in [-0.39, 0.29) is 0 Å². The van der Waals surface area contributed by atoms with Crippen molar-refractivity contribution < 1.29 is 0 Å². The predicted molar refractivity (Wildman–Crippen MR) is 74.1 cm³/mol. The third-order valence-electron chi connectivity index (χ3n) is 4.68. The number of rotatable bonds is 5. The summed E-state index contributed by atoms with van der Waals surface area (Å²) in [5.41, 5.74) is 0.733. The van der Waals surface area contributed by atoms with Crippen LogP contribution in [-0.4, -0.2) is 24.6 Å². The van der Waals surface area contributed by atoms with E-state index in [0.717, 1.165) is 17.4 Å². The molecule has 0 aromatic heterocycles. The van der Waals surface area contributed by atoms with Gasteiger partial charge in [-0.05, 0) is 55.6 Å². The Labute approximate surface area is 105 Å². The molecule has 2 rings (SSSR count). The second-order valence-electron chi connectivity index (χ2n) is 5.98. The van der Waals surface area contributed by atoms with Crippen molar-refractivity contribution in [1.29, 1.82) is 0 Å². The third kappa shape index (κ3) is 2.76. The lowest BCUT2D eigenvalue weighted by molar-refractivity contribution is 0.0218. The molecule has 1 nitrogen and oxygen atoms in total. The molecule has 0 radical (unpaired) electrons. The maximum absolute atomic E-state index is 3.85. The van der Waals surface area contributed by atoms with Gasteiger partial charge >= 0.3 is 0 Å². The van der Waals surface area contributed by atoms with Gasteiger partial charge in [0, 0.05) is 6.04 Å². The summed E-state index contributed by atoms with van der Waals surface area (Å²) in [7, 11) is 0. The topological polar surface area (TPSA) is 12.0 Å². The summed E-state index contributed by atoms with van der Waals surface area (Å²) in [5.74, 6) is 2.13. The summed E-state index contributed by atoms with van der Waals surface area (Å²) >= 11 is 1.97. The van der Waals surface area contributed by atoms with Gasteiger partial charge < -0.3 is 5.32 Å². The largest absolute Gasteiger partial charge is 0.313 e. The van der Waals surface area contributed by atoms with Crippen LogP contribution >= 0.6 is 11.8 Å². The molecule has 0 heterocycles. The highest BCUT2D eigenvalue weighted by Crippen LogP contribution is 2.51. The first kappa shape index (κ1) is 12.8. The zero-order valence-corrected chi connectivity index (χ0v) is 11.7. The molecule has 2 atom stereocenters. The van der Waals surface area contributed by atoms with Gasteiger partial charge in [0.25, 0.3) is 0 Å². The van der Waals surface area contributed by atoms with Gasteiger partial charge in [0.2, 0.25) is 0 Å². The van der Waals surface area contributed by atoms with E-state index in [1.165, 1.54) is 57.2 Å². The summed E-state index contributed by atoms with van der Waals surface area (Å²) in [6.07, 6.45) is 12.6. The van der Waals surface area contributed by atoms with Crippen LogP contribution in [0.2, 0.25) is 0 Å². The third-order valence-corrected chi connectivity index (χ3v) is 5.59. The molecule has 0 aromatic carbocycles. The van der Waals surface area contributed by atoms with Crippen molar-refractivity contribution in [1.82, 2.24) is 5.32 Å². The van der Waals surface area contributed by atoms with Crippen LogP contribution in [0, 0.1) is 11.3 Å². The summed E-state index contributed by atoms with van der Waals surface area (Å²) in [6, 6.07) is 0.858. The molecule has 16 heavy (non-hydrogen) atoms. The zero-order valence-electron chi connectivity index (χ0n) is 10.9. The van der Waals surface area contributed by atoms with Crippen LogP contribution in [0.15, 0.2) is 0 Å². The molecule has 1 N–H and O–H groups in total. The van der Waals surface area contributed by atoms with E-state index in [1.54, 1.807) is 0 Å². The predicted octanol–water partition coefficient (Wildman–Crippen LogP) is 3.69. The van der Waals surface area contributed by atoms with Gasteiger partial charge in [0.15, 0.2) is 0 Å². The first-order chi connectivity index (χ1) is 7.77. The highest BCUT2D eigenvalue weighted by Gasteiger charge is 2.46. The molecule has 2 unspecified atom stereocenters. The van der Waals surface area contributed by atoms with Gasteiger partial charge in [0.1, 0.15) is 0 Å². The Morgan fingerprint density at radius 3 is 2.56 bits per heavy atom. The molecule has 2 aliphatic carbocycles. The van der Waals surface area contributed by atoms with E-state index in [9.17, 15) is 0 Å². The zero-order chi connectivity index (χ0) is 11.4. The minimum Gasteiger partial charge on any atom is -0.313 e. The van der Waals surface area contributed by atoms with Crippen molar-refractivity contribution >= 4 is 11.8 Å². The molecule has 94 valence electrons. The first-order valence-corrected chi connectivity index (χ1v) is 8.38. The van der Waals surface area contributed by atoms with Crippen molar-refractivity contribution in [3.05, 3.63) is 0 Å². The van der Waals surface area contributed by atoms with Gasteiger partial charge in [-0.3, -0.25) is 0 Å². The van der Waals surface area contributed by atoms with Crippen molar-refractivity contribution in [2.75, 3.05) is 18.6 Å². The Morgan fingerprint density at radius 2 is 2.00 bits per heavy atom. The monoisotopic (exact) mass is 241 g/mol. The maximum atomic E-state index is 3.85. The molecule has 2 saturated carbocycles. The minimum atomic E-state index is 0.733. The second kappa shape index (κ2) is 5.77. The fourth-order valence-corrected chi connectivity index (χ4v) is 4.24. The van der Waals surface area contributed by atoms with Gasteiger partial charge in [-0.25, -0.2) is 0 Å². The maximum Gasteiger partial charge on any atom is 0.0124 e. The van der Waals surface area contributed by atoms with Crippen LogP contribution < -0.4 is 5.32 Å². The van der Waals surface area contributed by atoms with Crippen LogP contribution in [0.3, 0.4) is 0 Å². The van der Waals surface area contributed by atoms with Crippen molar-refractivity contribution in [2.45, 2.75) is 57.9 Å². The number of hydrogen-bond acceptors (Lipinski definition) is 2. The van der Waals surface area contributed by atoms with Gasteiger partial charge in [-0.1, -0.05) is 26.2 Å². The van der Waals surface area contributed by atoms with Crippen LogP contribution in [0.1, 0.15) is 51.9 Å². The highest BCUT2D eigenvalue weighted by atomic mass is 32.2. The SMILES string of the molecule is CSCC(C)CNC1CCC12CCCCC2. The average Bonchev–Trinajstić information content (AvgIpc) is 2.29. The molecule has 0 aromatic rings. The fourth-order valence-electron chi connectivity index (χ4n) is 3.56. The fraction of sp³-hybridized carbons (Fsp3) is 1.00. The smallest absolute Gasteiger partial charge is 0.0124 e. The highest BCUT2D eigenvalue weighted by molar-refractivity contribution is 7.98. The molecular formula is C14H27NS. The summed E-state index contributed by atoms with van der Waals surface area (Å²) in [5, 5.41) is 3.85. The standard InChI is InChI=1S/C14H27NS/c1-12(11-16-2)10-15-13-6-9-14(13)7-4-3-5-8-14/h12-13,15H,3-11H2,1-2H3. The van der Waals surface area contributed by atoms with E-state index in [0.29, 0.717) is 0 Å². The summed E-state index contributed by atoms with van der Waals surface area (Å²) in [4.78, 5) is 0. The molecule has 0 saturated heterocycles. The van der Waals surface area contributed by atoms with Gasteiger partial charge in [-0.2, -0.15) is 11.8 Å². The molecule has 0 amide bonds. The Kier molecular flexibility index (Phi) is 4.60. The van der Waals surface area contributed by atoms with E-state index in [1.807, 2.05) is 11.8 Å². The van der Waals surface area contributed by atoms with E-state index in [4.69, 9.17) is 0 Å². The molecule has 1 spiro atoms. The Balaban J connectivity index is 1.73. The Morgan fingerprint density at radius 1 is 1.25 bits per heavy atom. The lowest BCUT2D eigenvalue weighted by Crippen LogP contribution is -2.55. The Hall–Kier alpha value is 0.310. The lowest BCUT2D eigenvalue weighted by Gasteiger charge is -2.53. The van der Waals surface area contributed by atoms with Gasteiger partial charge in [0.05, 0.1) is 0 Å². The van der Waals surface area contributed by atoms with Crippen LogP contribution in [0.25, 0.3) is 0 Å². The summed E-state index contributed by atoms with van der Waals surface area (Å²) < 4.78 is 0. The molecule has 0 aliphatic heterocycles. The average molecular weight is 241 g/mol. The van der Waals surface area contributed by atoms with Crippen molar-refractivity contribution in [3.8, 4) is 0 Å².